The van der Waals surface area contributed by atoms with E-state index in [2.05, 4.69) is 25.6 Å². The van der Waals surface area contributed by atoms with Crippen molar-refractivity contribution < 1.29 is 18.0 Å². The Bertz CT molecular complexity index is 1060. The van der Waals surface area contributed by atoms with Crippen LogP contribution in [0.3, 0.4) is 0 Å². The maximum absolute atomic E-state index is 14.2. The van der Waals surface area contributed by atoms with Gasteiger partial charge in [-0.3, -0.25) is 9.36 Å². The maximum atomic E-state index is 14.2. The fourth-order valence-corrected chi connectivity index (χ4v) is 2.98. The molecular weight excluding hydrogens is 399 g/mol. The van der Waals surface area contributed by atoms with Gasteiger partial charge in [0.25, 0.3) is 0 Å². The summed E-state index contributed by atoms with van der Waals surface area (Å²) in [6.45, 7) is 5.64. The van der Waals surface area contributed by atoms with E-state index in [-0.39, 0.29) is 24.5 Å². The zero-order chi connectivity index (χ0) is 22.0. The number of fused-ring (bicyclic) bond motifs is 1. The highest BCUT2D eigenvalue weighted by molar-refractivity contribution is 5.77. The molecule has 2 heterocycles. The van der Waals surface area contributed by atoms with Gasteiger partial charge in [-0.25, -0.2) is 23.1 Å². The number of carbonyl (C=O) groups excluding carboxylic acids is 1. The van der Waals surface area contributed by atoms with E-state index in [1.165, 1.54) is 6.20 Å². The summed E-state index contributed by atoms with van der Waals surface area (Å²) in [4.78, 5) is 24.2. The van der Waals surface area contributed by atoms with E-state index in [0.29, 0.717) is 35.7 Å². The van der Waals surface area contributed by atoms with Crippen molar-refractivity contribution in [3.63, 3.8) is 0 Å². The van der Waals surface area contributed by atoms with Crippen LogP contribution >= 0.6 is 0 Å². The van der Waals surface area contributed by atoms with E-state index in [9.17, 15) is 18.0 Å². The average molecular weight is 421 g/mol. The van der Waals surface area contributed by atoms with Gasteiger partial charge in [-0.05, 0) is 27.2 Å². The van der Waals surface area contributed by atoms with Crippen molar-refractivity contribution in [1.29, 1.82) is 0 Å². The molecule has 0 aliphatic carbocycles. The number of aromatic nitrogens is 4. The molecule has 160 valence electrons. The summed E-state index contributed by atoms with van der Waals surface area (Å²) < 4.78 is 43.2. The number of primary amides is 1. The smallest absolute Gasteiger partial charge is 0.224 e. The third kappa shape index (κ3) is 4.61. The highest BCUT2D eigenvalue weighted by Gasteiger charge is 2.21. The lowest BCUT2D eigenvalue weighted by Crippen LogP contribution is -2.16. The number of anilines is 3. The number of benzene rings is 1. The van der Waals surface area contributed by atoms with E-state index in [1.54, 1.807) is 11.5 Å². The van der Waals surface area contributed by atoms with Crippen LogP contribution in [0.2, 0.25) is 0 Å². The lowest BCUT2D eigenvalue weighted by atomic mass is 10.2. The number of hydrogen-bond acceptors (Lipinski definition) is 6. The Kier molecular flexibility index (Phi) is 6.09. The van der Waals surface area contributed by atoms with Crippen LogP contribution < -0.4 is 16.4 Å². The van der Waals surface area contributed by atoms with Crippen LogP contribution in [-0.4, -0.2) is 31.5 Å². The first-order chi connectivity index (χ1) is 14.2. The minimum absolute atomic E-state index is 0.0716. The predicted molar refractivity (Wildman–Crippen MR) is 107 cm³/mol. The molecule has 0 aliphatic rings. The minimum Gasteiger partial charge on any atom is -0.370 e. The molecule has 0 saturated heterocycles. The second kappa shape index (κ2) is 8.56. The minimum atomic E-state index is -1.11. The number of nitrogens with one attached hydrogen (secondary N) is 2. The number of nitrogens with two attached hydrogens (primary N) is 1. The second-order valence-electron chi connectivity index (χ2n) is 7.23. The van der Waals surface area contributed by atoms with Crippen molar-refractivity contribution in [1.82, 2.24) is 19.5 Å². The van der Waals surface area contributed by atoms with Crippen molar-refractivity contribution in [2.24, 2.45) is 5.73 Å². The summed E-state index contributed by atoms with van der Waals surface area (Å²) in [7, 11) is 0. The Morgan fingerprint density at radius 3 is 2.43 bits per heavy atom. The van der Waals surface area contributed by atoms with Gasteiger partial charge < -0.3 is 16.4 Å². The molecule has 1 aromatic carbocycles. The normalized spacial score (nSPS) is 12.4. The molecule has 3 rings (SSSR count). The first-order valence-electron chi connectivity index (χ1n) is 9.37. The fraction of sp³-hybridized carbons (Fsp3) is 0.368. The van der Waals surface area contributed by atoms with Crippen molar-refractivity contribution >= 4 is 34.7 Å². The summed E-state index contributed by atoms with van der Waals surface area (Å²) in [5, 5.41) is 5.66. The third-order valence-corrected chi connectivity index (χ3v) is 4.34. The van der Waals surface area contributed by atoms with Gasteiger partial charge >= 0.3 is 0 Å². The second-order valence-corrected chi connectivity index (χ2v) is 7.23. The van der Waals surface area contributed by atoms with Crippen LogP contribution in [0.25, 0.3) is 11.2 Å². The molecular formula is C19H22F3N7O. The van der Waals surface area contributed by atoms with Gasteiger partial charge in [0.1, 0.15) is 17.0 Å². The van der Waals surface area contributed by atoms with Crippen LogP contribution in [0.5, 0.6) is 0 Å². The summed E-state index contributed by atoms with van der Waals surface area (Å²) in [5.41, 5.74) is 5.47. The van der Waals surface area contributed by atoms with E-state index >= 15 is 0 Å². The molecule has 0 fully saturated rings. The zero-order valence-electron chi connectivity index (χ0n) is 16.7. The topological polar surface area (TPSA) is 111 Å². The molecule has 0 radical (unpaired) electrons. The van der Waals surface area contributed by atoms with Gasteiger partial charge in [0.2, 0.25) is 17.8 Å². The van der Waals surface area contributed by atoms with Crippen LogP contribution in [-0.2, 0) is 4.79 Å². The highest BCUT2D eigenvalue weighted by Crippen LogP contribution is 2.30. The van der Waals surface area contributed by atoms with Crippen LogP contribution in [0.1, 0.15) is 39.7 Å². The highest BCUT2D eigenvalue weighted by atomic mass is 19.1. The molecule has 1 atom stereocenters. The zero-order valence-corrected chi connectivity index (χ0v) is 16.7. The molecule has 4 N–H and O–H groups in total. The van der Waals surface area contributed by atoms with Gasteiger partial charge in [0.05, 0.1) is 6.20 Å². The van der Waals surface area contributed by atoms with Crippen LogP contribution in [0.4, 0.5) is 30.8 Å². The number of carbonyl (C=O) groups is 1. The van der Waals surface area contributed by atoms with Crippen LogP contribution in [0, 0.1) is 17.5 Å². The monoisotopic (exact) mass is 421 g/mol. The lowest BCUT2D eigenvalue weighted by molar-refractivity contribution is -0.118. The van der Waals surface area contributed by atoms with E-state index in [0.717, 1.165) is 0 Å². The summed E-state index contributed by atoms with van der Waals surface area (Å²) in [6.07, 6.45) is 1.93. The lowest BCUT2D eigenvalue weighted by Gasteiger charge is -2.18. The van der Waals surface area contributed by atoms with Gasteiger partial charge in [-0.1, -0.05) is 0 Å². The molecule has 0 spiro atoms. The largest absolute Gasteiger partial charge is 0.370 e. The Morgan fingerprint density at radius 1 is 1.17 bits per heavy atom. The SMILES string of the molecule is CC(C)Nc1ncc2nc(Nc3c(F)cc(F)cc3F)n([C@@H](C)CCC(N)=O)c2n1. The molecule has 3 aromatic rings. The molecule has 11 heteroatoms. The molecule has 0 saturated carbocycles. The van der Waals surface area contributed by atoms with Gasteiger partial charge in [-0.2, -0.15) is 4.98 Å². The standard InChI is InChI=1S/C19H22F3N7O/c1-9(2)25-18-24-8-14-17(28-18)29(10(3)4-5-15(23)30)19(26-14)27-16-12(21)6-11(20)7-13(16)22/h6-10H,4-5H2,1-3H3,(H2,23,30)(H,26,27)(H,24,25,28)/t10-/m0/s1. The van der Waals surface area contributed by atoms with E-state index < -0.39 is 29.0 Å². The molecule has 30 heavy (non-hydrogen) atoms. The van der Waals surface area contributed by atoms with Gasteiger partial charge in [0, 0.05) is 30.6 Å². The maximum Gasteiger partial charge on any atom is 0.224 e. The number of nitrogens with zero attached hydrogens (tertiary/aromatic N) is 4. The Balaban J connectivity index is 2.10. The average Bonchev–Trinajstić information content (AvgIpc) is 2.99. The quantitative estimate of drug-likeness (QED) is 0.512. The summed E-state index contributed by atoms with van der Waals surface area (Å²) in [6, 6.07) is 0.864. The van der Waals surface area contributed by atoms with Crippen molar-refractivity contribution in [2.45, 2.75) is 45.7 Å². The Labute approximate surface area is 170 Å². The number of amides is 1. The molecule has 1 amide bonds. The molecule has 0 bridgehead atoms. The summed E-state index contributed by atoms with van der Waals surface area (Å²) in [5.74, 6) is -3.30. The van der Waals surface area contributed by atoms with E-state index in [1.807, 2.05) is 13.8 Å². The molecule has 8 nitrogen and oxygen atoms in total. The van der Waals surface area contributed by atoms with Crippen molar-refractivity contribution in [3.8, 4) is 0 Å². The third-order valence-electron chi connectivity index (χ3n) is 4.34. The number of imidazole rings is 1. The number of hydrogen-bond donors (Lipinski definition) is 3. The van der Waals surface area contributed by atoms with Gasteiger partial charge in [0.15, 0.2) is 17.3 Å². The first-order valence-corrected chi connectivity index (χ1v) is 9.37. The first kappa shape index (κ1) is 21.3. The predicted octanol–water partition coefficient (Wildman–Crippen LogP) is 3.63. The molecule has 2 aromatic heterocycles. The van der Waals surface area contributed by atoms with Crippen LogP contribution in [0.15, 0.2) is 18.3 Å². The van der Waals surface area contributed by atoms with Crippen molar-refractivity contribution in [2.75, 3.05) is 10.6 Å². The fourth-order valence-electron chi connectivity index (χ4n) is 2.98. The summed E-state index contributed by atoms with van der Waals surface area (Å²) >= 11 is 0. The van der Waals surface area contributed by atoms with Crippen molar-refractivity contribution in [3.05, 3.63) is 35.8 Å². The Morgan fingerprint density at radius 2 is 1.83 bits per heavy atom. The number of halogens is 3. The van der Waals surface area contributed by atoms with E-state index in [4.69, 9.17) is 5.73 Å². The molecule has 0 unspecified atom stereocenters. The van der Waals surface area contributed by atoms with Gasteiger partial charge in [-0.15, -0.1) is 0 Å². The molecule has 0 aliphatic heterocycles. The Hall–Kier alpha value is -3.37. The number of rotatable bonds is 8.